The van der Waals surface area contributed by atoms with E-state index in [4.69, 9.17) is 26.1 Å². The topological polar surface area (TPSA) is 77.1 Å². The molecule has 194 valence electrons. The highest BCUT2D eigenvalue weighted by Gasteiger charge is 2.18. The fraction of sp³-hybridized carbons (Fsp3) is 0.194. The predicted molar refractivity (Wildman–Crippen MR) is 155 cm³/mol. The van der Waals surface area contributed by atoms with E-state index in [2.05, 4.69) is 22.5 Å². The summed E-state index contributed by atoms with van der Waals surface area (Å²) in [6, 6.07) is 21.3. The average molecular weight is 554 g/mol. The van der Waals surface area contributed by atoms with Crippen LogP contribution in [0.2, 0.25) is 5.02 Å². The van der Waals surface area contributed by atoms with Gasteiger partial charge in [-0.05, 0) is 78.3 Å². The zero-order valence-corrected chi connectivity index (χ0v) is 23.0. The number of hydrogen-bond donors (Lipinski definition) is 0. The van der Waals surface area contributed by atoms with Gasteiger partial charge in [0.05, 0.1) is 48.2 Å². The summed E-state index contributed by atoms with van der Waals surface area (Å²) in [5.41, 5.74) is 5.18. The smallest absolute Gasteiger partial charge is 0.337 e. The molecule has 0 amide bonds. The lowest BCUT2D eigenvalue weighted by atomic mass is 10.0. The first kappa shape index (κ1) is 26.3. The van der Waals surface area contributed by atoms with Crippen LogP contribution in [0.15, 0.2) is 60.7 Å². The molecule has 0 spiro atoms. The van der Waals surface area contributed by atoms with Crippen molar-refractivity contribution in [2.45, 2.75) is 25.8 Å². The maximum absolute atomic E-state index is 12.4. The number of rotatable bonds is 7. The van der Waals surface area contributed by atoms with Gasteiger partial charge in [-0.1, -0.05) is 23.7 Å². The maximum atomic E-state index is 12.4. The molecule has 0 aliphatic heterocycles. The van der Waals surface area contributed by atoms with Crippen molar-refractivity contribution in [3.8, 4) is 23.7 Å². The molecule has 2 heterocycles. The molecule has 0 bridgehead atoms. The number of hydrogen-bond acceptors (Lipinski definition) is 6. The number of esters is 1. The van der Waals surface area contributed by atoms with Gasteiger partial charge in [0.25, 0.3) is 0 Å². The number of thiazole rings is 1. The Hall–Kier alpha value is -4.30. The van der Waals surface area contributed by atoms with Crippen molar-refractivity contribution in [1.82, 2.24) is 9.55 Å². The van der Waals surface area contributed by atoms with Gasteiger partial charge in [-0.2, -0.15) is 5.26 Å². The van der Waals surface area contributed by atoms with E-state index < -0.39 is 5.97 Å². The number of benzene rings is 3. The molecular weight excluding hydrogens is 530 g/mol. The zero-order valence-electron chi connectivity index (χ0n) is 21.5. The Labute approximate surface area is 235 Å². The highest BCUT2D eigenvalue weighted by Crippen LogP contribution is 2.30. The molecule has 5 aromatic rings. The predicted octanol–water partition coefficient (Wildman–Crippen LogP) is 6.80. The Bertz CT molecular complexity index is 1790. The monoisotopic (exact) mass is 553 g/mol. The molecule has 0 fully saturated rings. The Morgan fingerprint density at radius 3 is 2.62 bits per heavy atom. The third-order valence-electron chi connectivity index (χ3n) is 6.50. The minimum absolute atomic E-state index is 0.328. The van der Waals surface area contributed by atoms with E-state index in [0.717, 1.165) is 50.1 Å². The molecule has 0 atom stereocenters. The summed E-state index contributed by atoms with van der Waals surface area (Å²) in [7, 11) is 3.00. The van der Waals surface area contributed by atoms with E-state index in [1.807, 2.05) is 54.6 Å². The molecule has 0 saturated carbocycles. The molecule has 5 rings (SSSR count). The lowest BCUT2D eigenvalue weighted by Crippen LogP contribution is -2.02. The highest BCUT2D eigenvalue weighted by molar-refractivity contribution is 7.19. The normalized spacial score (nSPS) is 10.7. The fourth-order valence-electron chi connectivity index (χ4n) is 4.58. The van der Waals surface area contributed by atoms with Crippen LogP contribution in [0.3, 0.4) is 0 Å². The lowest BCUT2D eigenvalue weighted by molar-refractivity contribution is 0.0601. The minimum atomic E-state index is -0.400. The van der Waals surface area contributed by atoms with Crippen LogP contribution >= 0.6 is 22.9 Å². The van der Waals surface area contributed by atoms with E-state index in [-0.39, 0.29) is 0 Å². The molecule has 0 aliphatic carbocycles. The number of nitrogens with zero attached hydrogens (tertiary/aromatic N) is 3. The summed E-state index contributed by atoms with van der Waals surface area (Å²) < 4.78 is 13.4. The van der Waals surface area contributed by atoms with Crippen molar-refractivity contribution < 1.29 is 14.3 Å². The van der Waals surface area contributed by atoms with Gasteiger partial charge in [0.2, 0.25) is 0 Å². The lowest BCUT2D eigenvalue weighted by Gasteiger charge is -2.06. The molecule has 39 heavy (non-hydrogen) atoms. The zero-order chi connectivity index (χ0) is 27.4. The number of aromatic nitrogens is 2. The Morgan fingerprint density at radius 1 is 1.05 bits per heavy atom. The summed E-state index contributed by atoms with van der Waals surface area (Å²) >= 11 is 7.60. The summed E-state index contributed by atoms with van der Waals surface area (Å²) in [5, 5.41) is 11.7. The van der Waals surface area contributed by atoms with Crippen LogP contribution in [-0.2, 0) is 24.1 Å². The van der Waals surface area contributed by atoms with Crippen LogP contribution in [0.4, 0.5) is 0 Å². The molecule has 3 aromatic carbocycles. The molecule has 0 aliphatic rings. The van der Waals surface area contributed by atoms with Crippen molar-refractivity contribution in [2.24, 2.45) is 0 Å². The number of methoxy groups -OCH3 is 2. The standard InChI is InChI=1S/C31H24ClN3O3S/c1-37-23-10-14-29-26(19-23)34-30(39-29)15-13-27-24(11-6-20-4-8-22(32)9-5-20)25-18-21(31(36)38-2)7-12-28(25)35(27)17-3-16-33/h4-5,7-10,12,14,18-19H,3,6,11,17H2,1-2H3. The summed E-state index contributed by atoms with van der Waals surface area (Å²) in [4.78, 5) is 17.0. The molecule has 0 unspecified atom stereocenters. The van der Waals surface area contributed by atoms with Gasteiger partial charge >= 0.3 is 5.97 Å². The van der Waals surface area contributed by atoms with Gasteiger partial charge in [-0.15, -0.1) is 11.3 Å². The van der Waals surface area contributed by atoms with Gasteiger partial charge in [0.15, 0.2) is 5.01 Å². The van der Waals surface area contributed by atoms with Crippen LogP contribution in [0, 0.1) is 23.2 Å². The molecule has 6 nitrogen and oxygen atoms in total. The maximum Gasteiger partial charge on any atom is 0.337 e. The SMILES string of the molecule is COC(=O)c1ccc2c(c1)c(CCc1ccc(Cl)cc1)c(C#Cc1nc3cc(OC)ccc3s1)n2CCC#N. The molecule has 0 saturated heterocycles. The number of carbonyl (C=O) groups is 1. The average Bonchev–Trinajstić information content (AvgIpc) is 3.51. The number of aryl methyl sites for hydroxylation is 3. The third-order valence-corrected chi connectivity index (χ3v) is 7.70. The first-order valence-corrected chi connectivity index (χ1v) is 13.5. The number of ether oxygens (including phenoxy) is 2. The first-order chi connectivity index (χ1) is 19.0. The fourth-order valence-corrected chi connectivity index (χ4v) is 5.51. The second-order valence-corrected chi connectivity index (χ2v) is 10.3. The number of fused-ring (bicyclic) bond motifs is 2. The minimum Gasteiger partial charge on any atom is -0.497 e. The molecule has 0 radical (unpaired) electrons. The largest absolute Gasteiger partial charge is 0.497 e. The number of nitriles is 1. The molecule has 0 N–H and O–H groups in total. The second kappa shape index (κ2) is 11.6. The summed E-state index contributed by atoms with van der Waals surface area (Å²) in [5.74, 6) is 6.99. The first-order valence-electron chi connectivity index (χ1n) is 12.3. The molecule has 8 heteroatoms. The second-order valence-electron chi connectivity index (χ2n) is 8.84. The summed E-state index contributed by atoms with van der Waals surface area (Å²) in [6.07, 6.45) is 1.77. The van der Waals surface area contributed by atoms with Gasteiger partial charge < -0.3 is 14.0 Å². The Balaban J connectivity index is 1.64. The van der Waals surface area contributed by atoms with Crippen LogP contribution < -0.4 is 4.74 Å². The Kier molecular flexibility index (Phi) is 7.84. The van der Waals surface area contributed by atoms with Crippen LogP contribution in [0.1, 0.15) is 38.6 Å². The van der Waals surface area contributed by atoms with Gasteiger partial charge in [-0.3, -0.25) is 0 Å². The van der Waals surface area contributed by atoms with Gasteiger partial charge in [0, 0.05) is 28.5 Å². The molecular formula is C31H24ClN3O3S. The van der Waals surface area contributed by atoms with Crippen LogP contribution in [0.25, 0.3) is 21.1 Å². The number of carbonyl (C=O) groups excluding carboxylic acids is 1. The third kappa shape index (κ3) is 5.61. The summed E-state index contributed by atoms with van der Waals surface area (Å²) in [6.45, 7) is 0.479. The van der Waals surface area contributed by atoms with Crippen LogP contribution in [0.5, 0.6) is 5.75 Å². The van der Waals surface area contributed by atoms with Gasteiger partial charge in [-0.25, -0.2) is 9.78 Å². The Morgan fingerprint density at radius 2 is 1.87 bits per heavy atom. The van der Waals surface area contributed by atoms with E-state index in [9.17, 15) is 10.1 Å². The van der Waals surface area contributed by atoms with E-state index in [1.54, 1.807) is 13.2 Å². The van der Waals surface area contributed by atoms with Crippen molar-refractivity contribution >= 4 is 50.0 Å². The van der Waals surface area contributed by atoms with E-state index in [0.29, 0.717) is 35.0 Å². The van der Waals surface area contributed by atoms with E-state index >= 15 is 0 Å². The van der Waals surface area contributed by atoms with Gasteiger partial charge in [0.1, 0.15) is 5.75 Å². The van der Waals surface area contributed by atoms with Crippen LogP contribution in [-0.4, -0.2) is 29.7 Å². The quantitative estimate of drug-likeness (QED) is 0.164. The van der Waals surface area contributed by atoms with Crippen molar-refractivity contribution in [2.75, 3.05) is 14.2 Å². The molecule has 2 aromatic heterocycles. The highest BCUT2D eigenvalue weighted by atomic mass is 35.5. The van der Waals surface area contributed by atoms with Crippen molar-refractivity contribution in [3.05, 3.63) is 93.1 Å². The van der Waals surface area contributed by atoms with Crippen molar-refractivity contribution in [1.29, 1.82) is 5.26 Å². The van der Waals surface area contributed by atoms with Crippen molar-refractivity contribution in [3.63, 3.8) is 0 Å². The number of halogens is 1. The van der Waals surface area contributed by atoms with E-state index in [1.165, 1.54) is 18.4 Å².